The summed E-state index contributed by atoms with van der Waals surface area (Å²) in [5.41, 5.74) is 0.749. The van der Waals surface area contributed by atoms with E-state index in [0.717, 1.165) is 5.56 Å². The largest absolute Gasteiger partial charge is 0.410 e. The normalized spacial score (nSPS) is 13.8. The van der Waals surface area contributed by atoms with Crippen LogP contribution in [0.25, 0.3) is 0 Å². The average Bonchev–Trinajstić information content (AvgIpc) is 2.47. The molecule has 1 aromatic carbocycles. The van der Waals surface area contributed by atoms with E-state index >= 15 is 0 Å². The number of Topliss-reactive ketones (excluding diaryl/α,β-unsaturated/α-hetero) is 1. The van der Waals surface area contributed by atoms with Crippen molar-refractivity contribution in [3.63, 3.8) is 0 Å². The molecule has 0 aliphatic rings. The Morgan fingerprint density at radius 3 is 2.17 bits per heavy atom. The fraction of sp³-hybridized carbons (Fsp3) is 0.533. The Bertz CT molecular complexity index is 544. The van der Waals surface area contributed by atoms with E-state index in [1.165, 1.54) is 20.8 Å². The summed E-state index contributed by atoms with van der Waals surface area (Å²) in [5.74, 6) is -0.418. The van der Waals surface area contributed by atoms with Crippen LogP contribution < -0.4 is 0 Å². The second kappa shape index (κ2) is 8.92. The first-order valence-electron chi connectivity index (χ1n) is 7.25. The van der Waals surface area contributed by atoms with Gasteiger partial charge in [0.25, 0.3) is 0 Å². The molecule has 0 bridgehead atoms. The van der Waals surface area contributed by atoms with E-state index in [1.807, 2.05) is 0 Å². The van der Waals surface area contributed by atoms with Crippen LogP contribution in [0.5, 0.6) is 0 Å². The molecule has 1 unspecified atom stereocenters. The van der Waals surface area contributed by atoms with Crippen molar-refractivity contribution < 1.29 is 27.2 Å². The Morgan fingerprint density at radius 2 is 1.74 bits per heavy atom. The number of hydrogen-bond acceptors (Lipinski definition) is 5. The number of rotatable bonds is 10. The van der Waals surface area contributed by atoms with Crippen molar-refractivity contribution in [2.45, 2.75) is 37.4 Å². The molecule has 0 amide bonds. The Labute approximate surface area is 139 Å². The topological polar surface area (TPSA) is 52.6 Å². The van der Waals surface area contributed by atoms with Gasteiger partial charge < -0.3 is 9.05 Å². The molecule has 130 valence electrons. The summed E-state index contributed by atoms with van der Waals surface area (Å²) < 4.78 is 50.7. The summed E-state index contributed by atoms with van der Waals surface area (Å²) in [5, 5.41) is -1.04. The highest BCUT2D eigenvalue weighted by Gasteiger charge is 2.55. The molecule has 0 heterocycles. The fourth-order valence-electron chi connectivity index (χ4n) is 1.86. The number of halogens is 2. The van der Waals surface area contributed by atoms with Crippen LogP contribution in [0.15, 0.2) is 30.3 Å². The smallest absolute Gasteiger partial charge is 0.304 e. The summed E-state index contributed by atoms with van der Waals surface area (Å²) in [6.07, 6.45) is 0.120. The van der Waals surface area contributed by atoms with E-state index in [4.69, 9.17) is 9.05 Å². The summed E-state index contributed by atoms with van der Waals surface area (Å²) in [4.78, 5) is 7.94. The van der Waals surface area contributed by atoms with E-state index in [-0.39, 0.29) is 31.4 Å². The molecule has 0 radical (unpaired) electrons. The van der Waals surface area contributed by atoms with Gasteiger partial charge in [-0.15, -0.1) is 0 Å². The second-order valence-corrected chi connectivity index (χ2v) is 8.42. The first-order chi connectivity index (χ1) is 10.8. The number of alkyl halides is 2. The first kappa shape index (κ1) is 20.3. The summed E-state index contributed by atoms with van der Waals surface area (Å²) >= 11 is 0.0408. The zero-order chi connectivity index (χ0) is 17.5. The van der Waals surface area contributed by atoms with Crippen LogP contribution in [-0.2, 0) is 24.8 Å². The lowest BCUT2D eigenvalue weighted by Gasteiger charge is -2.27. The molecular weight excluding hydrogens is 345 g/mol. The fourth-order valence-corrected chi connectivity index (χ4v) is 4.91. The van der Waals surface area contributed by atoms with Gasteiger partial charge >= 0.3 is 12.6 Å². The predicted molar refractivity (Wildman–Crippen MR) is 88.0 cm³/mol. The van der Waals surface area contributed by atoms with E-state index in [2.05, 4.69) is 0 Å². The molecule has 4 nitrogen and oxygen atoms in total. The van der Waals surface area contributed by atoms with Crippen LogP contribution in [0.3, 0.4) is 0 Å². The highest BCUT2D eigenvalue weighted by atomic mass is 32.2. The van der Waals surface area contributed by atoms with Crippen LogP contribution in [0, 0.1) is 0 Å². The van der Waals surface area contributed by atoms with Crippen molar-refractivity contribution in [2.24, 2.45) is 0 Å². The minimum atomic E-state index is -4.64. The Balaban J connectivity index is 2.96. The minimum absolute atomic E-state index is 0.0408. The Morgan fingerprint density at radius 1 is 1.22 bits per heavy atom. The van der Waals surface area contributed by atoms with Crippen LogP contribution in [-0.4, -0.2) is 29.2 Å². The number of thioether (sulfide) groups is 1. The van der Waals surface area contributed by atoms with Gasteiger partial charge in [-0.25, -0.2) is 0 Å². The van der Waals surface area contributed by atoms with Crippen LogP contribution in [0.1, 0.15) is 26.3 Å². The van der Waals surface area contributed by atoms with Gasteiger partial charge in [0.1, 0.15) is 5.78 Å². The Hall–Kier alpha value is -0.750. The van der Waals surface area contributed by atoms with E-state index in [9.17, 15) is 18.1 Å². The molecule has 0 aliphatic carbocycles. The van der Waals surface area contributed by atoms with Gasteiger partial charge in [0.05, 0.1) is 18.5 Å². The molecule has 0 saturated carbocycles. The number of hydrogen-bond donors (Lipinski definition) is 0. The van der Waals surface area contributed by atoms with Crippen LogP contribution in [0.4, 0.5) is 8.78 Å². The lowest BCUT2D eigenvalue weighted by Crippen LogP contribution is -2.26. The molecule has 1 atom stereocenters. The maximum atomic E-state index is 14.5. The summed E-state index contributed by atoms with van der Waals surface area (Å²) in [6, 6.07) is 8.83. The predicted octanol–water partition coefficient (Wildman–Crippen LogP) is 4.74. The molecule has 1 aromatic rings. The van der Waals surface area contributed by atoms with Gasteiger partial charge in [0.15, 0.2) is 0 Å². The van der Waals surface area contributed by atoms with Crippen molar-refractivity contribution >= 4 is 25.1 Å². The third-order valence-electron chi connectivity index (χ3n) is 2.92. The molecular formula is C15H21F2O4PS. The number of benzene rings is 1. The van der Waals surface area contributed by atoms with Crippen molar-refractivity contribution in [3.8, 4) is 0 Å². The first-order valence-corrected chi connectivity index (χ1v) is 9.67. The molecule has 1 rings (SSSR count). The zero-order valence-corrected chi connectivity index (χ0v) is 15.0. The third-order valence-corrected chi connectivity index (χ3v) is 6.81. The molecule has 0 aromatic heterocycles. The van der Waals surface area contributed by atoms with Gasteiger partial charge in [0, 0.05) is 0 Å². The molecule has 0 N–H and O–H groups in total. The van der Waals surface area contributed by atoms with Gasteiger partial charge in [-0.3, -0.25) is 9.36 Å². The van der Waals surface area contributed by atoms with Crippen LogP contribution >= 0.6 is 19.4 Å². The van der Waals surface area contributed by atoms with E-state index in [1.54, 1.807) is 30.3 Å². The third kappa shape index (κ3) is 5.68. The molecule has 0 aliphatic heterocycles. The van der Waals surface area contributed by atoms with Gasteiger partial charge in [-0.2, -0.15) is 8.78 Å². The highest BCUT2D eigenvalue weighted by molar-refractivity contribution is 8.07. The van der Waals surface area contributed by atoms with Crippen molar-refractivity contribution in [1.29, 1.82) is 0 Å². The lowest BCUT2D eigenvalue weighted by molar-refractivity contribution is -0.116. The highest BCUT2D eigenvalue weighted by Crippen LogP contribution is 2.67. The lowest BCUT2D eigenvalue weighted by atomic mass is 10.1. The molecule has 0 spiro atoms. The second-order valence-electron chi connectivity index (χ2n) is 4.73. The number of ketones is 1. The SMILES string of the molecule is CCOP(=O)(OCC)C(F)(F)SC(Cc1ccccc1)C(C)=O. The van der Waals surface area contributed by atoms with Crippen LogP contribution in [0.2, 0.25) is 0 Å². The summed E-state index contributed by atoms with van der Waals surface area (Å²) in [7, 11) is -4.64. The van der Waals surface area contributed by atoms with E-state index in [0.29, 0.717) is 0 Å². The maximum absolute atomic E-state index is 14.5. The number of carbonyl (C=O) groups is 1. The van der Waals surface area contributed by atoms with E-state index < -0.39 is 23.6 Å². The minimum Gasteiger partial charge on any atom is -0.304 e. The van der Waals surface area contributed by atoms with Crippen molar-refractivity contribution in [1.82, 2.24) is 0 Å². The number of carbonyl (C=O) groups excluding carboxylic acids is 1. The summed E-state index contributed by atoms with van der Waals surface area (Å²) in [6.45, 7) is 3.81. The average molecular weight is 366 g/mol. The molecule has 23 heavy (non-hydrogen) atoms. The zero-order valence-electron chi connectivity index (χ0n) is 13.3. The molecule has 8 heteroatoms. The van der Waals surface area contributed by atoms with Crippen molar-refractivity contribution in [3.05, 3.63) is 35.9 Å². The Kier molecular flexibility index (Phi) is 7.87. The van der Waals surface area contributed by atoms with Gasteiger partial charge in [0.2, 0.25) is 0 Å². The maximum Gasteiger partial charge on any atom is 0.410 e. The van der Waals surface area contributed by atoms with Gasteiger partial charge in [-0.1, -0.05) is 42.1 Å². The molecule has 0 fully saturated rings. The quantitative estimate of drug-likeness (QED) is 0.560. The van der Waals surface area contributed by atoms with Gasteiger partial charge in [-0.05, 0) is 32.8 Å². The molecule has 0 saturated heterocycles. The monoisotopic (exact) mass is 366 g/mol. The standard InChI is InChI=1S/C15H21F2O4PS/c1-4-20-22(19,21-5-2)15(16,17)23-14(12(3)18)11-13-9-7-6-8-10-13/h6-10,14H,4-5,11H2,1-3H3. The van der Waals surface area contributed by atoms with Crippen molar-refractivity contribution in [2.75, 3.05) is 13.2 Å².